The third kappa shape index (κ3) is 8.25. The number of nitrogens with one attached hydrogen (secondary N) is 2. The molecule has 6 nitrogen and oxygen atoms in total. The SMILES string of the molecule is CC.CN1CCC2CCC(=N)CC21.CNc1ccc2ccccc2n1.COc1ccccc1OC. The van der Waals surface area contributed by atoms with Gasteiger partial charge in [-0.1, -0.05) is 44.2 Å². The summed E-state index contributed by atoms with van der Waals surface area (Å²) in [7, 11) is 7.32. The number of para-hydroxylation sites is 3. The van der Waals surface area contributed by atoms with Crippen LogP contribution in [0.2, 0.25) is 0 Å². The van der Waals surface area contributed by atoms with E-state index in [1.807, 2.05) is 69.4 Å². The van der Waals surface area contributed by atoms with E-state index in [9.17, 15) is 0 Å². The molecule has 2 heterocycles. The highest BCUT2D eigenvalue weighted by atomic mass is 16.5. The minimum atomic E-state index is 0.719. The highest BCUT2D eigenvalue weighted by Crippen LogP contribution is 2.33. The Balaban J connectivity index is 0.000000179. The maximum atomic E-state index is 7.60. The molecule has 190 valence electrons. The number of nitrogens with zero attached hydrogens (tertiary/aromatic N) is 2. The number of hydrogen-bond acceptors (Lipinski definition) is 6. The topological polar surface area (TPSA) is 70.5 Å². The van der Waals surface area contributed by atoms with E-state index < -0.39 is 0 Å². The summed E-state index contributed by atoms with van der Waals surface area (Å²) in [6.07, 6.45) is 4.75. The Morgan fingerprint density at radius 3 is 2.17 bits per heavy atom. The molecule has 2 atom stereocenters. The van der Waals surface area contributed by atoms with Gasteiger partial charge in [0.2, 0.25) is 0 Å². The van der Waals surface area contributed by atoms with E-state index in [0.29, 0.717) is 0 Å². The molecule has 0 bridgehead atoms. The molecule has 1 aliphatic carbocycles. The monoisotopic (exact) mass is 478 g/mol. The van der Waals surface area contributed by atoms with Crippen LogP contribution in [0.3, 0.4) is 0 Å². The zero-order valence-corrected chi connectivity index (χ0v) is 22.2. The van der Waals surface area contributed by atoms with Gasteiger partial charge in [-0.3, -0.25) is 0 Å². The number of pyridine rings is 1. The number of ether oxygens (including phenoxy) is 2. The summed E-state index contributed by atoms with van der Waals surface area (Å²) in [5.41, 5.74) is 2.00. The second-order valence-corrected chi connectivity index (χ2v) is 8.44. The number of aromatic nitrogens is 1. The Hall–Kier alpha value is -3.12. The minimum absolute atomic E-state index is 0.719. The van der Waals surface area contributed by atoms with Crippen LogP contribution in [-0.2, 0) is 0 Å². The van der Waals surface area contributed by atoms with Crippen molar-refractivity contribution in [3.63, 3.8) is 0 Å². The fraction of sp³-hybridized carbons (Fsp3) is 0.448. The predicted molar refractivity (Wildman–Crippen MR) is 148 cm³/mol. The minimum Gasteiger partial charge on any atom is -0.493 e. The van der Waals surface area contributed by atoms with Gasteiger partial charge in [0, 0.05) is 30.6 Å². The van der Waals surface area contributed by atoms with Crippen LogP contribution in [0.1, 0.15) is 39.5 Å². The molecule has 2 aliphatic rings. The zero-order chi connectivity index (χ0) is 25.6. The molecule has 1 aromatic heterocycles. The van der Waals surface area contributed by atoms with Crippen LogP contribution in [0, 0.1) is 11.3 Å². The van der Waals surface area contributed by atoms with Crippen molar-refractivity contribution in [3.05, 3.63) is 60.7 Å². The van der Waals surface area contributed by atoms with Crippen LogP contribution >= 0.6 is 0 Å². The quantitative estimate of drug-likeness (QED) is 0.449. The summed E-state index contributed by atoms with van der Waals surface area (Å²) in [5, 5.41) is 11.8. The first-order valence-electron chi connectivity index (χ1n) is 12.5. The van der Waals surface area contributed by atoms with Crippen LogP contribution in [0.4, 0.5) is 5.82 Å². The van der Waals surface area contributed by atoms with Crippen molar-refractivity contribution in [3.8, 4) is 11.5 Å². The van der Waals surface area contributed by atoms with E-state index in [2.05, 4.69) is 34.4 Å². The molecule has 0 radical (unpaired) electrons. The van der Waals surface area contributed by atoms with Crippen molar-refractivity contribution in [2.45, 2.75) is 45.6 Å². The van der Waals surface area contributed by atoms with Gasteiger partial charge in [-0.15, -0.1) is 0 Å². The number of likely N-dealkylation sites (tertiary alicyclic amines) is 1. The van der Waals surface area contributed by atoms with Crippen LogP contribution in [0.15, 0.2) is 60.7 Å². The van der Waals surface area contributed by atoms with Crippen LogP contribution in [0.25, 0.3) is 10.9 Å². The molecule has 3 aromatic rings. The summed E-state index contributed by atoms with van der Waals surface area (Å²) in [4.78, 5) is 6.81. The summed E-state index contributed by atoms with van der Waals surface area (Å²) in [6.45, 7) is 5.25. The van der Waals surface area contributed by atoms with Crippen LogP contribution in [-0.4, -0.2) is 56.5 Å². The Kier molecular flexibility index (Phi) is 12.0. The lowest BCUT2D eigenvalue weighted by atomic mass is 9.84. The third-order valence-electron chi connectivity index (χ3n) is 6.38. The maximum Gasteiger partial charge on any atom is 0.160 e. The molecule has 2 unspecified atom stereocenters. The van der Waals surface area contributed by atoms with Gasteiger partial charge >= 0.3 is 0 Å². The molecular weight excluding hydrogens is 436 g/mol. The fourth-order valence-corrected chi connectivity index (χ4v) is 4.45. The first-order valence-corrected chi connectivity index (χ1v) is 12.5. The normalized spacial score (nSPS) is 18.5. The van der Waals surface area contributed by atoms with E-state index in [-0.39, 0.29) is 0 Å². The van der Waals surface area contributed by atoms with Gasteiger partial charge < -0.3 is 25.1 Å². The van der Waals surface area contributed by atoms with Crippen molar-refractivity contribution in [1.29, 1.82) is 5.41 Å². The average molecular weight is 479 g/mol. The molecule has 2 N–H and O–H groups in total. The van der Waals surface area contributed by atoms with Gasteiger partial charge in [-0.2, -0.15) is 0 Å². The molecule has 1 saturated carbocycles. The molecule has 6 heteroatoms. The smallest absolute Gasteiger partial charge is 0.160 e. The number of anilines is 1. The van der Waals surface area contributed by atoms with Gasteiger partial charge in [-0.25, -0.2) is 4.98 Å². The number of rotatable bonds is 3. The second kappa shape index (κ2) is 15.0. The number of hydrogen-bond donors (Lipinski definition) is 2. The Labute approximate surface area is 211 Å². The first kappa shape index (κ1) is 28.1. The maximum absolute atomic E-state index is 7.60. The van der Waals surface area contributed by atoms with Gasteiger partial charge in [0.05, 0.1) is 19.7 Å². The molecule has 5 rings (SSSR count). The number of methoxy groups -OCH3 is 2. The van der Waals surface area contributed by atoms with Gasteiger partial charge in [-0.05, 0) is 69.1 Å². The summed E-state index contributed by atoms with van der Waals surface area (Å²) in [5.74, 6) is 3.36. The largest absolute Gasteiger partial charge is 0.493 e. The van der Waals surface area contributed by atoms with E-state index >= 15 is 0 Å². The molecule has 0 amide bonds. The van der Waals surface area contributed by atoms with Gasteiger partial charge in [0.1, 0.15) is 5.82 Å². The van der Waals surface area contributed by atoms with Crippen molar-refractivity contribution in [1.82, 2.24) is 9.88 Å². The summed E-state index contributed by atoms with van der Waals surface area (Å²) in [6, 6.07) is 20.4. The summed E-state index contributed by atoms with van der Waals surface area (Å²) < 4.78 is 10.0. The zero-order valence-electron chi connectivity index (χ0n) is 22.2. The first-order chi connectivity index (χ1) is 17.0. The summed E-state index contributed by atoms with van der Waals surface area (Å²) >= 11 is 0. The van der Waals surface area contributed by atoms with Crippen LogP contribution in [0.5, 0.6) is 11.5 Å². The molecule has 35 heavy (non-hydrogen) atoms. The standard InChI is InChI=1S/C10H10N2.C9H16N2.C8H10O2.C2H6/c1-11-10-7-6-8-4-2-3-5-9(8)12-10;1-11-5-4-7-2-3-8(10)6-9(7)11;1-9-7-5-3-4-6-8(7)10-2;1-2/h2-7H,1H3,(H,11,12);7,9-10H,2-6H2,1H3;3-6H,1-2H3;1-2H3. The number of benzene rings is 2. The van der Waals surface area contributed by atoms with Crippen molar-refractivity contribution >= 4 is 22.4 Å². The number of fused-ring (bicyclic) bond motifs is 2. The van der Waals surface area contributed by atoms with Crippen molar-refractivity contribution < 1.29 is 9.47 Å². The predicted octanol–water partition coefficient (Wildman–Crippen LogP) is 6.52. The Bertz CT molecular complexity index is 1020. The lowest BCUT2D eigenvalue weighted by molar-refractivity contribution is 0.260. The third-order valence-corrected chi connectivity index (χ3v) is 6.38. The molecule has 0 spiro atoms. The second-order valence-electron chi connectivity index (χ2n) is 8.44. The van der Waals surface area contributed by atoms with Crippen molar-refractivity contribution in [2.75, 3.05) is 40.2 Å². The highest BCUT2D eigenvalue weighted by molar-refractivity contribution is 5.82. The van der Waals surface area contributed by atoms with E-state index in [1.54, 1.807) is 14.2 Å². The highest BCUT2D eigenvalue weighted by Gasteiger charge is 2.34. The van der Waals surface area contributed by atoms with Gasteiger partial charge in [0.15, 0.2) is 11.5 Å². The average Bonchev–Trinajstić information content (AvgIpc) is 3.29. The van der Waals surface area contributed by atoms with E-state index in [1.165, 1.54) is 24.8 Å². The van der Waals surface area contributed by atoms with Crippen LogP contribution < -0.4 is 14.8 Å². The molecule has 1 saturated heterocycles. The molecular formula is C29H42N4O2. The van der Waals surface area contributed by atoms with E-state index in [0.717, 1.165) is 53.3 Å². The van der Waals surface area contributed by atoms with Gasteiger partial charge in [0.25, 0.3) is 0 Å². The van der Waals surface area contributed by atoms with Crippen molar-refractivity contribution in [2.24, 2.45) is 5.92 Å². The lowest BCUT2D eigenvalue weighted by Gasteiger charge is -2.29. The molecule has 2 aromatic carbocycles. The Morgan fingerprint density at radius 1 is 0.914 bits per heavy atom. The lowest BCUT2D eigenvalue weighted by Crippen LogP contribution is -2.34. The molecule has 2 fully saturated rings. The molecule has 1 aliphatic heterocycles. The van der Waals surface area contributed by atoms with E-state index in [4.69, 9.17) is 14.9 Å². The Morgan fingerprint density at radius 2 is 1.54 bits per heavy atom. The fourth-order valence-electron chi connectivity index (χ4n) is 4.45.